The number of unbranched alkanes of at least 4 members (excludes halogenated alkanes) is 3. The van der Waals surface area contributed by atoms with Crippen LogP contribution in [0.25, 0.3) is 0 Å². The zero-order chi connectivity index (χ0) is 20.1. The Hall–Kier alpha value is -1.71. The molecule has 3 atom stereocenters. The molecule has 0 spiro atoms. The first-order valence-electron chi connectivity index (χ1n) is 11.6. The average molecular weight is 405 g/mol. The Bertz CT molecular complexity index is 867. The maximum absolute atomic E-state index is 5.96. The fourth-order valence-electron chi connectivity index (χ4n) is 5.49. The van der Waals surface area contributed by atoms with E-state index in [-0.39, 0.29) is 0 Å². The molecule has 0 amide bonds. The van der Waals surface area contributed by atoms with E-state index < -0.39 is 0 Å². The number of hydrogen-bond donors (Lipinski definition) is 0. The molecule has 3 unspecified atom stereocenters. The van der Waals surface area contributed by atoms with Gasteiger partial charge in [0.05, 0.1) is 0 Å². The van der Waals surface area contributed by atoms with Crippen molar-refractivity contribution in [1.29, 1.82) is 0 Å². The number of rotatable bonds is 5. The molecule has 2 aliphatic carbocycles. The predicted molar refractivity (Wildman–Crippen MR) is 125 cm³/mol. The van der Waals surface area contributed by atoms with Crippen molar-refractivity contribution in [2.24, 2.45) is 11.8 Å². The van der Waals surface area contributed by atoms with Crippen LogP contribution in [0, 0.1) is 23.7 Å². The summed E-state index contributed by atoms with van der Waals surface area (Å²) in [6, 6.07) is 14.8. The third-order valence-corrected chi connectivity index (χ3v) is 7.33. The fraction of sp³-hybridized carbons (Fsp3) is 0.500. The summed E-state index contributed by atoms with van der Waals surface area (Å²) < 4.78 is 0. The summed E-state index contributed by atoms with van der Waals surface area (Å²) in [5, 5.41) is 0.759. The second-order valence-electron chi connectivity index (χ2n) is 9.10. The van der Waals surface area contributed by atoms with E-state index in [0.29, 0.717) is 0 Å². The Kier molecular flexibility index (Phi) is 6.99. The monoisotopic (exact) mass is 404 g/mol. The van der Waals surface area contributed by atoms with Gasteiger partial charge in [-0.3, -0.25) is 0 Å². The number of hydrogen-bond acceptors (Lipinski definition) is 0. The Morgan fingerprint density at radius 2 is 1.69 bits per heavy atom. The van der Waals surface area contributed by atoms with Crippen molar-refractivity contribution in [1.82, 2.24) is 0 Å². The summed E-state index contributed by atoms with van der Waals surface area (Å²) in [7, 11) is 0. The molecule has 2 aromatic carbocycles. The third-order valence-electron chi connectivity index (χ3n) is 7.08. The van der Waals surface area contributed by atoms with Crippen LogP contribution >= 0.6 is 11.6 Å². The van der Waals surface area contributed by atoms with E-state index in [1.807, 2.05) is 24.3 Å². The van der Waals surface area contributed by atoms with Gasteiger partial charge in [0, 0.05) is 16.1 Å². The molecule has 0 heterocycles. The van der Waals surface area contributed by atoms with Gasteiger partial charge in [0.15, 0.2) is 0 Å². The van der Waals surface area contributed by atoms with Gasteiger partial charge in [-0.25, -0.2) is 0 Å². The van der Waals surface area contributed by atoms with E-state index in [1.54, 1.807) is 11.1 Å². The van der Waals surface area contributed by atoms with E-state index in [4.69, 9.17) is 11.6 Å². The highest BCUT2D eigenvalue weighted by atomic mass is 35.5. The van der Waals surface area contributed by atoms with Crippen molar-refractivity contribution in [3.8, 4) is 11.8 Å². The Morgan fingerprint density at radius 1 is 0.897 bits per heavy atom. The second-order valence-corrected chi connectivity index (χ2v) is 9.54. The van der Waals surface area contributed by atoms with E-state index >= 15 is 0 Å². The van der Waals surface area contributed by atoms with E-state index in [9.17, 15) is 0 Å². The zero-order valence-electron chi connectivity index (χ0n) is 17.7. The molecule has 1 fully saturated rings. The topological polar surface area (TPSA) is 0 Å². The zero-order valence-corrected chi connectivity index (χ0v) is 18.5. The van der Waals surface area contributed by atoms with Crippen LogP contribution in [0.1, 0.15) is 92.9 Å². The van der Waals surface area contributed by atoms with Crippen LogP contribution in [0.4, 0.5) is 0 Å². The van der Waals surface area contributed by atoms with Gasteiger partial charge in [-0.15, -0.1) is 0 Å². The molecule has 0 aliphatic heterocycles. The maximum Gasteiger partial charge on any atom is 0.0406 e. The first kappa shape index (κ1) is 20.6. The predicted octanol–water partition coefficient (Wildman–Crippen LogP) is 8.16. The van der Waals surface area contributed by atoms with Crippen molar-refractivity contribution in [3.63, 3.8) is 0 Å². The number of halogens is 1. The van der Waals surface area contributed by atoms with Crippen LogP contribution in [-0.4, -0.2) is 0 Å². The molecule has 0 aromatic heterocycles. The minimum Gasteiger partial charge on any atom is -0.0843 e. The Morgan fingerprint density at radius 3 is 2.52 bits per heavy atom. The molecule has 2 aliphatic rings. The lowest BCUT2D eigenvalue weighted by molar-refractivity contribution is 0.199. The van der Waals surface area contributed by atoms with Gasteiger partial charge < -0.3 is 0 Å². The summed E-state index contributed by atoms with van der Waals surface area (Å²) in [6.45, 7) is 2.30. The number of aryl methyl sites for hydroxylation is 1. The largest absolute Gasteiger partial charge is 0.0843 e. The molecule has 0 saturated heterocycles. The lowest BCUT2D eigenvalue weighted by Gasteiger charge is -2.40. The number of benzene rings is 2. The third kappa shape index (κ3) is 5.26. The van der Waals surface area contributed by atoms with E-state index in [2.05, 4.69) is 37.0 Å². The molecule has 0 bridgehead atoms. The molecular formula is C28H33Cl. The van der Waals surface area contributed by atoms with Gasteiger partial charge in [-0.2, -0.15) is 0 Å². The normalized spacial score (nSPS) is 22.9. The summed E-state index contributed by atoms with van der Waals surface area (Å²) in [4.78, 5) is 0. The van der Waals surface area contributed by atoms with Crippen molar-refractivity contribution >= 4 is 11.6 Å². The molecule has 2 aromatic rings. The van der Waals surface area contributed by atoms with Crippen molar-refractivity contribution in [2.75, 3.05) is 0 Å². The molecule has 0 nitrogen and oxygen atoms in total. The van der Waals surface area contributed by atoms with Gasteiger partial charge in [-0.1, -0.05) is 68.5 Å². The summed E-state index contributed by atoms with van der Waals surface area (Å²) >= 11 is 5.96. The van der Waals surface area contributed by atoms with Gasteiger partial charge in [0.1, 0.15) is 0 Å². The summed E-state index contributed by atoms with van der Waals surface area (Å²) in [5.41, 5.74) is 5.34. The highest BCUT2D eigenvalue weighted by molar-refractivity contribution is 6.30. The van der Waals surface area contributed by atoms with E-state index in [1.165, 1.54) is 64.2 Å². The number of fused-ring (bicyclic) bond motifs is 3. The summed E-state index contributed by atoms with van der Waals surface area (Å²) in [6.07, 6.45) is 14.0. The van der Waals surface area contributed by atoms with Crippen molar-refractivity contribution in [2.45, 2.75) is 77.0 Å². The average Bonchev–Trinajstić information content (AvgIpc) is 2.76. The molecule has 1 heteroatoms. The summed E-state index contributed by atoms with van der Waals surface area (Å²) in [5.74, 6) is 9.32. The highest BCUT2D eigenvalue weighted by Gasteiger charge is 2.34. The minimum absolute atomic E-state index is 0.759. The first-order chi connectivity index (χ1) is 14.2. The minimum atomic E-state index is 0.759. The Balaban J connectivity index is 1.40. The molecule has 29 heavy (non-hydrogen) atoms. The van der Waals surface area contributed by atoms with Gasteiger partial charge in [-0.05, 0) is 97.4 Å². The quantitative estimate of drug-likeness (QED) is 0.348. The molecule has 4 rings (SSSR count). The van der Waals surface area contributed by atoms with E-state index in [0.717, 1.165) is 33.9 Å². The standard InChI is InChI=1S/C28H33Cl/c1-2-3-4-5-6-22-11-17-27-24(19-22)13-14-25-20-23(12-18-28(25)27)8-7-21-9-15-26(29)16-10-21/h9-10,12,15-16,18,20,22,24,27H,2-6,11,13-14,17,19H2,1H3. The van der Waals surface area contributed by atoms with Crippen molar-refractivity contribution in [3.05, 3.63) is 69.7 Å². The molecule has 0 N–H and O–H groups in total. The van der Waals surface area contributed by atoms with Crippen LogP contribution in [-0.2, 0) is 6.42 Å². The molecular weight excluding hydrogens is 372 g/mol. The highest BCUT2D eigenvalue weighted by Crippen LogP contribution is 2.48. The fourth-order valence-corrected chi connectivity index (χ4v) is 5.62. The van der Waals surface area contributed by atoms with Crippen LogP contribution in [0.5, 0.6) is 0 Å². The maximum atomic E-state index is 5.96. The van der Waals surface area contributed by atoms with Crippen LogP contribution in [0.15, 0.2) is 42.5 Å². The SMILES string of the molecule is CCCCCCC1CCC2c3ccc(C#Cc4ccc(Cl)cc4)cc3CCC2C1. The lowest BCUT2D eigenvalue weighted by Crippen LogP contribution is -2.28. The van der Waals surface area contributed by atoms with Gasteiger partial charge >= 0.3 is 0 Å². The Labute approximate surface area is 182 Å². The second kappa shape index (κ2) is 9.86. The van der Waals surface area contributed by atoms with Gasteiger partial charge in [0.2, 0.25) is 0 Å². The van der Waals surface area contributed by atoms with Crippen LogP contribution < -0.4 is 0 Å². The molecule has 152 valence electrons. The molecule has 0 radical (unpaired) electrons. The van der Waals surface area contributed by atoms with Crippen LogP contribution in [0.3, 0.4) is 0 Å². The van der Waals surface area contributed by atoms with Crippen molar-refractivity contribution < 1.29 is 0 Å². The van der Waals surface area contributed by atoms with Gasteiger partial charge in [0.25, 0.3) is 0 Å². The first-order valence-corrected chi connectivity index (χ1v) is 12.0. The smallest absolute Gasteiger partial charge is 0.0406 e. The van der Waals surface area contributed by atoms with Crippen LogP contribution in [0.2, 0.25) is 5.02 Å². The molecule has 1 saturated carbocycles. The lowest BCUT2D eigenvalue weighted by atomic mass is 9.64.